The van der Waals surface area contributed by atoms with Crippen LogP contribution in [0.1, 0.15) is 27.2 Å². The van der Waals surface area contributed by atoms with Gasteiger partial charge < -0.3 is 5.32 Å². The van der Waals surface area contributed by atoms with Crippen LogP contribution in [-0.4, -0.2) is 34.9 Å². The second-order valence-corrected chi connectivity index (χ2v) is 10.7. The van der Waals surface area contributed by atoms with Gasteiger partial charge in [0.15, 0.2) is 9.84 Å². The molecule has 0 bridgehead atoms. The number of para-hydroxylation sites is 1. The van der Waals surface area contributed by atoms with Crippen molar-refractivity contribution in [3.8, 4) is 16.9 Å². The summed E-state index contributed by atoms with van der Waals surface area (Å²) >= 11 is 0. The maximum atomic E-state index is 13.9. The molecule has 4 aromatic rings. The molecule has 0 saturated carbocycles. The molecule has 12 heteroatoms. The lowest BCUT2D eigenvalue weighted by molar-refractivity contribution is -0.137. The molecule has 0 saturated heterocycles. The third kappa shape index (κ3) is 5.25. The number of rotatable bonds is 6. The van der Waals surface area contributed by atoms with E-state index in [9.17, 15) is 31.2 Å². The number of hydrogen-bond donors (Lipinski definition) is 1. The summed E-state index contributed by atoms with van der Waals surface area (Å²) in [5.74, 6) is -0.802. The lowest BCUT2D eigenvalue weighted by Gasteiger charge is -2.20. The Morgan fingerprint density at radius 1 is 1.05 bits per heavy atom. The van der Waals surface area contributed by atoms with E-state index in [1.165, 1.54) is 66.3 Å². The number of aryl methyl sites for hydroxylation is 1. The largest absolute Gasteiger partial charge is 0.418 e. The van der Waals surface area contributed by atoms with E-state index >= 15 is 0 Å². The van der Waals surface area contributed by atoms with Crippen molar-refractivity contribution < 1.29 is 26.4 Å². The summed E-state index contributed by atoms with van der Waals surface area (Å²) < 4.78 is 67.3. The molecule has 0 aliphatic heterocycles. The fraction of sp³-hybridized carbons (Fsp3) is 0.192. The minimum atomic E-state index is -4.74. The summed E-state index contributed by atoms with van der Waals surface area (Å²) in [7, 11) is -1.76. The first-order valence-corrected chi connectivity index (χ1v) is 13.2. The van der Waals surface area contributed by atoms with Crippen LogP contribution in [-0.2, 0) is 29.6 Å². The molecule has 0 unspecified atom stereocenters. The fourth-order valence-corrected chi connectivity index (χ4v) is 4.72. The highest BCUT2D eigenvalue weighted by Crippen LogP contribution is 2.35. The number of alkyl halides is 3. The topological polar surface area (TPSA) is 103 Å². The van der Waals surface area contributed by atoms with Gasteiger partial charge in [-0.05, 0) is 48.9 Å². The molecular formula is C26H23F3N4O4S. The van der Waals surface area contributed by atoms with Crippen molar-refractivity contribution in [1.29, 1.82) is 0 Å². The van der Waals surface area contributed by atoms with Crippen LogP contribution in [0.3, 0.4) is 0 Å². The number of pyridine rings is 1. The molecule has 0 spiro atoms. The van der Waals surface area contributed by atoms with E-state index < -0.39 is 38.7 Å². The number of carbonyl (C=O) groups excluding carboxylic acids is 1. The van der Waals surface area contributed by atoms with Crippen molar-refractivity contribution in [2.75, 3.05) is 6.26 Å². The normalized spacial score (nSPS) is 11.9. The van der Waals surface area contributed by atoms with Gasteiger partial charge >= 0.3 is 6.18 Å². The highest BCUT2D eigenvalue weighted by Gasteiger charge is 2.35. The number of carbonyl (C=O) groups is 1. The molecule has 4 rings (SSSR count). The van der Waals surface area contributed by atoms with Crippen molar-refractivity contribution in [2.24, 2.45) is 7.05 Å². The summed E-state index contributed by atoms with van der Waals surface area (Å²) in [6.07, 6.45) is -2.18. The van der Waals surface area contributed by atoms with Crippen LogP contribution < -0.4 is 10.9 Å². The lowest BCUT2D eigenvalue weighted by Crippen LogP contribution is -2.34. The Morgan fingerprint density at radius 2 is 1.71 bits per heavy atom. The van der Waals surface area contributed by atoms with Crippen molar-refractivity contribution in [1.82, 2.24) is 19.7 Å². The van der Waals surface area contributed by atoms with E-state index in [0.717, 1.165) is 16.9 Å². The summed E-state index contributed by atoms with van der Waals surface area (Å²) in [5, 5.41) is 6.69. The highest BCUT2D eigenvalue weighted by atomic mass is 32.2. The molecule has 0 radical (unpaired) electrons. The SMILES string of the molecule is Cc1c(-c2ccnn2C)cc(C(=O)NCc2ccc(S(C)(=O)=O)cc2)c(=O)n1-c1ccccc1C(F)(F)F. The average Bonchev–Trinajstić information content (AvgIpc) is 3.27. The maximum absolute atomic E-state index is 13.9. The molecule has 2 heterocycles. The van der Waals surface area contributed by atoms with Crippen LogP contribution in [0.2, 0.25) is 0 Å². The molecule has 38 heavy (non-hydrogen) atoms. The number of aromatic nitrogens is 3. The van der Waals surface area contributed by atoms with Gasteiger partial charge in [0, 0.05) is 37.3 Å². The monoisotopic (exact) mass is 544 g/mol. The molecule has 8 nitrogen and oxygen atoms in total. The summed E-state index contributed by atoms with van der Waals surface area (Å²) in [5.41, 5.74) is -1.11. The molecular weight excluding hydrogens is 521 g/mol. The standard InChI is InChI=1S/C26H23F3N4O4S/c1-16-19(22-12-13-31-32(22)2)14-20(24(34)30-15-17-8-10-18(11-9-17)38(3,36)37)25(35)33(16)23-7-5-4-6-21(23)26(27,28)29/h4-14H,15H2,1-3H3,(H,30,34). The Hall–Kier alpha value is -4.19. The van der Waals surface area contributed by atoms with E-state index in [2.05, 4.69) is 10.4 Å². The van der Waals surface area contributed by atoms with Gasteiger partial charge in [-0.25, -0.2) is 8.42 Å². The van der Waals surface area contributed by atoms with Gasteiger partial charge in [0.1, 0.15) is 5.56 Å². The van der Waals surface area contributed by atoms with Gasteiger partial charge in [0.2, 0.25) is 0 Å². The van der Waals surface area contributed by atoms with Gasteiger partial charge in [0.05, 0.1) is 21.8 Å². The smallest absolute Gasteiger partial charge is 0.348 e. The first-order valence-electron chi connectivity index (χ1n) is 11.3. The van der Waals surface area contributed by atoms with Gasteiger partial charge in [-0.3, -0.25) is 18.8 Å². The number of nitrogens with zero attached hydrogens (tertiary/aromatic N) is 3. The van der Waals surface area contributed by atoms with Crippen LogP contribution in [0, 0.1) is 6.92 Å². The van der Waals surface area contributed by atoms with Crippen LogP contribution in [0.5, 0.6) is 0 Å². The van der Waals surface area contributed by atoms with Gasteiger partial charge in [0.25, 0.3) is 11.5 Å². The second kappa shape index (κ2) is 9.93. The minimum absolute atomic E-state index is 0.0453. The van der Waals surface area contributed by atoms with E-state index in [1.54, 1.807) is 13.1 Å². The van der Waals surface area contributed by atoms with Gasteiger partial charge in [-0.1, -0.05) is 24.3 Å². The van der Waals surface area contributed by atoms with E-state index in [4.69, 9.17) is 0 Å². The zero-order valence-electron chi connectivity index (χ0n) is 20.6. The lowest BCUT2D eigenvalue weighted by atomic mass is 10.0. The minimum Gasteiger partial charge on any atom is -0.348 e. The molecule has 0 aliphatic rings. The quantitative estimate of drug-likeness (QED) is 0.397. The fourth-order valence-electron chi connectivity index (χ4n) is 4.09. The van der Waals surface area contributed by atoms with Crippen molar-refractivity contribution in [2.45, 2.75) is 24.5 Å². The van der Waals surface area contributed by atoms with E-state index in [-0.39, 0.29) is 22.7 Å². The van der Waals surface area contributed by atoms with Gasteiger partial charge in [-0.2, -0.15) is 18.3 Å². The molecule has 1 amide bonds. The van der Waals surface area contributed by atoms with Crippen LogP contribution >= 0.6 is 0 Å². The van der Waals surface area contributed by atoms with Crippen molar-refractivity contribution in [3.05, 3.63) is 99.6 Å². The number of amides is 1. The van der Waals surface area contributed by atoms with Crippen LogP contribution in [0.25, 0.3) is 16.9 Å². The Kier molecular flexibility index (Phi) is 7.02. The molecule has 1 N–H and O–H groups in total. The predicted molar refractivity (Wildman–Crippen MR) is 135 cm³/mol. The molecule has 2 aromatic carbocycles. The first kappa shape index (κ1) is 26.9. The number of halogens is 3. The third-order valence-corrected chi connectivity index (χ3v) is 7.17. The average molecular weight is 545 g/mol. The summed E-state index contributed by atoms with van der Waals surface area (Å²) in [4.78, 5) is 26.8. The molecule has 2 aromatic heterocycles. The Bertz CT molecular complexity index is 1690. The van der Waals surface area contributed by atoms with Gasteiger partial charge in [-0.15, -0.1) is 0 Å². The maximum Gasteiger partial charge on any atom is 0.418 e. The van der Waals surface area contributed by atoms with Crippen LogP contribution in [0.4, 0.5) is 13.2 Å². The highest BCUT2D eigenvalue weighted by molar-refractivity contribution is 7.90. The Morgan fingerprint density at radius 3 is 2.29 bits per heavy atom. The van der Waals surface area contributed by atoms with Crippen LogP contribution in [0.15, 0.2) is 76.6 Å². The summed E-state index contributed by atoms with van der Waals surface area (Å²) in [6, 6.07) is 13.4. The van der Waals surface area contributed by atoms with E-state index in [0.29, 0.717) is 16.8 Å². The predicted octanol–water partition coefficient (Wildman–Crippen LogP) is 3.90. The molecule has 198 valence electrons. The summed E-state index contributed by atoms with van der Waals surface area (Å²) in [6.45, 7) is 1.46. The molecule has 0 fully saturated rings. The van der Waals surface area contributed by atoms with Crippen molar-refractivity contribution >= 4 is 15.7 Å². The zero-order valence-corrected chi connectivity index (χ0v) is 21.4. The number of nitrogens with one attached hydrogen (secondary N) is 1. The first-order chi connectivity index (χ1) is 17.8. The Labute approximate surface area is 216 Å². The zero-order chi connectivity index (χ0) is 27.8. The number of sulfone groups is 1. The molecule has 0 aliphatic carbocycles. The van der Waals surface area contributed by atoms with E-state index in [1.807, 2.05) is 0 Å². The Balaban J connectivity index is 1.82. The third-order valence-electron chi connectivity index (χ3n) is 6.04. The van der Waals surface area contributed by atoms with Crippen molar-refractivity contribution in [3.63, 3.8) is 0 Å². The number of hydrogen-bond acceptors (Lipinski definition) is 5. The molecule has 0 atom stereocenters. The second-order valence-electron chi connectivity index (χ2n) is 8.65. The number of benzene rings is 2.